The summed E-state index contributed by atoms with van der Waals surface area (Å²) in [4.78, 5) is 28.7. The monoisotopic (exact) mass is 401 g/mol. The predicted octanol–water partition coefficient (Wildman–Crippen LogP) is 3.83. The number of unbranched alkanes of at least 4 members (excludes halogenated alkanes) is 2. The molecule has 4 aromatic rings. The van der Waals surface area contributed by atoms with Crippen molar-refractivity contribution in [2.24, 2.45) is 5.10 Å². The maximum Gasteiger partial charge on any atom is 0.292 e. The highest BCUT2D eigenvalue weighted by molar-refractivity contribution is 6.05. The van der Waals surface area contributed by atoms with Gasteiger partial charge in [-0.15, -0.1) is 0 Å². The number of benzene rings is 2. The SMILES string of the molecule is CCCCCn1nc(C(=O)N/N=C/c2c[nH]c3ccccc23)c2ccccc2c1=O. The molecule has 0 radical (unpaired) electrons. The van der Waals surface area contributed by atoms with E-state index in [9.17, 15) is 9.59 Å². The number of hydrogen-bond donors (Lipinski definition) is 2. The molecule has 152 valence electrons. The largest absolute Gasteiger partial charge is 0.361 e. The third-order valence-electron chi connectivity index (χ3n) is 5.05. The first-order valence-electron chi connectivity index (χ1n) is 10.1. The molecule has 2 aromatic carbocycles. The Hall–Kier alpha value is -3.74. The van der Waals surface area contributed by atoms with Crippen LogP contribution in [0.1, 0.15) is 42.2 Å². The van der Waals surface area contributed by atoms with Crippen LogP contribution >= 0.6 is 0 Å². The minimum Gasteiger partial charge on any atom is -0.361 e. The molecule has 0 saturated heterocycles. The van der Waals surface area contributed by atoms with Crippen LogP contribution in [0.4, 0.5) is 0 Å². The van der Waals surface area contributed by atoms with Crippen LogP contribution in [0.15, 0.2) is 64.6 Å². The second-order valence-electron chi connectivity index (χ2n) is 7.12. The summed E-state index contributed by atoms with van der Waals surface area (Å²) >= 11 is 0. The minimum absolute atomic E-state index is 0.180. The zero-order valence-electron chi connectivity index (χ0n) is 16.8. The topological polar surface area (TPSA) is 92.1 Å². The molecule has 7 heteroatoms. The van der Waals surface area contributed by atoms with Crippen molar-refractivity contribution >= 4 is 33.8 Å². The van der Waals surface area contributed by atoms with Crippen molar-refractivity contribution < 1.29 is 4.79 Å². The molecule has 0 atom stereocenters. The lowest BCUT2D eigenvalue weighted by molar-refractivity contribution is 0.0949. The fourth-order valence-corrected chi connectivity index (χ4v) is 3.48. The van der Waals surface area contributed by atoms with Crippen LogP contribution in [0.5, 0.6) is 0 Å². The van der Waals surface area contributed by atoms with Crippen LogP contribution in [0.25, 0.3) is 21.7 Å². The third-order valence-corrected chi connectivity index (χ3v) is 5.05. The molecule has 7 nitrogen and oxygen atoms in total. The summed E-state index contributed by atoms with van der Waals surface area (Å²) in [6.07, 6.45) is 6.30. The van der Waals surface area contributed by atoms with Crippen LogP contribution in [-0.4, -0.2) is 26.9 Å². The molecule has 0 bridgehead atoms. The lowest BCUT2D eigenvalue weighted by atomic mass is 10.1. The molecule has 2 aromatic heterocycles. The summed E-state index contributed by atoms with van der Waals surface area (Å²) in [5, 5.41) is 10.5. The highest BCUT2D eigenvalue weighted by Crippen LogP contribution is 2.16. The van der Waals surface area contributed by atoms with Crippen molar-refractivity contribution in [2.75, 3.05) is 0 Å². The zero-order valence-corrected chi connectivity index (χ0v) is 16.8. The average Bonchev–Trinajstić information content (AvgIpc) is 3.18. The fraction of sp³-hybridized carbons (Fsp3) is 0.217. The Morgan fingerprint density at radius 1 is 1.10 bits per heavy atom. The summed E-state index contributed by atoms with van der Waals surface area (Å²) in [5.41, 5.74) is 4.43. The van der Waals surface area contributed by atoms with Gasteiger partial charge in [0, 0.05) is 34.6 Å². The van der Waals surface area contributed by atoms with Gasteiger partial charge >= 0.3 is 0 Å². The van der Waals surface area contributed by atoms with E-state index in [1.54, 1.807) is 30.5 Å². The maximum absolute atomic E-state index is 12.8. The number of nitrogens with one attached hydrogen (secondary N) is 2. The fourth-order valence-electron chi connectivity index (χ4n) is 3.48. The lowest BCUT2D eigenvalue weighted by Gasteiger charge is -2.10. The third kappa shape index (κ3) is 3.87. The van der Waals surface area contributed by atoms with Gasteiger partial charge in [0.2, 0.25) is 0 Å². The van der Waals surface area contributed by atoms with Crippen molar-refractivity contribution in [3.63, 3.8) is 0 Å². The van der Waals surface area contributed by atoms with Crippen LogP contribution < -0.4 is 11.0 Å². The molecular formula is C23H23N5O2. The van der Waals surface area contributed by atoms with Crippen LogP contribution in [0.2, 0.25) is 0 Å². The molecule has 0 unspecified atom stereocenters. The molecule has 1 amide bonds. The Morgan fingerprint density at radius 3 is 2.63 bits per heavy atom. The number of hydrazone groups is 1. The number of nitrogens with zero attached hydrogens (tertiary/aromatic N) is 3. The van der Waals surface area contributed by atoms with Gasteiger partial charge in [-0.2, -0.15) is 10.2 Å². The number of hydrogen-bond acceptors (Lipinski definition) is 4. The Balaban J connectivity index is 1.62. The molecule has 0 fully saturated rings. The van der Waals surface area contributed by atoms with Crippen molar-refractivity contribution in [3.05, 3.63) is 76.3 Å². The normalized spacial score (nSPS) is 11.5. The maximum atomic E-state index is 12.8. The molecule has 2 heterocycles. The number of fused-ring (bicyclic) bond motifs is 2. The van der Waals surface area contributed by atoms with E-state index in [1.165, 1.54) is 4.68 Å². The second kappa shape index (κ2) is 8.73. The molecule has 0 saturated carbocycles. The number of aryl methyl sites for hydroxylation is 1. The smallest absolute Gasteiger partial charge is 0.292 e. The van der Waals surface area contributed by atoms with Crippen LogP contribution in [0, 0.1) is 0 Å². The van der Waals surface area contributed by atoms with Gasteiger partial charge in [0.25, 0.3) is 11.5 Å². The number of H-pyrrole nitrogens is 1. The van der Waals surface area contributed by atoms with E-state index >= 15 is 0 Å². The van der Waals surface area contributed by atoms with Gasteiger partial charge in [-0.3, -0.25) is 9.59 Å². The number of aromatic amines is 1. The molecule has 0 aliphatic rings. The predicted molar refractivity (Wildman–Crippen MR) is 119 cm³/mol. The number of carbonyl (C=O) groups is 1. The Labute approximate surface area is 173 Å². The molecule has 4 rings (SSSR count). The van der Waals surface area contributed by atoms with E-state index in [0.717, 1.165) is 35.7 Å². The Kier molecular flexibility index (Phi) is 5.70. The molecule has 0 aliphatic carbocycles. The first-order chi connectivity index (χ1) is 14.7. The average molecular weight is 401 g/mol. The van der Waals surface area contributed by atoms with E-state index in [-0.39, 0.29) is 11.3 Å². The highest BCUT2D eigenvalue weighted by atomic mass is 16.2. The van der Waals surface area contributed by atoms with Crippen molar-refractivity contribution in [2.45, 2.75) is 32.7 Å². The number of para-hydroxylation sites is 1. The molecular weight excluding hydrogens is 378 g/mol. The summed E-state index contributed by atoms with van der Waals surface area (Å²) in [6.45, 7) is 2.58. The minimum atomic E-state index is -0.452. The lowest BCUT2D eigenvalue weighted by Crippen LogP contribution is -2.29. The summed E-state index contributed by atoms with van der Waals surface area (Å²) in [6, 6.07) is 14.9. The van der Waals surface area contributed by atoms with E-state index in [2.05, 4.69) is 27.5 Å². The van der Waals surface area contributed by atoms with E-state index in [1.807, 2.05) is 30.5 Å². The van der Waals surface area contributed by atoms with E-state index < -0.39 is 5.91 Å². The summed E-state index contributed by atoms with van der Waals surface area (Å²) < 4.78 is 1.39. The zero-order chi connectivity index (χ0) is 20.9. The van der Waals surface area contributed by atoms with Gasteiger partial charge in [0.05, 0.1) is 11.6 Å². The summed E-state index contributed by atoms with van der Waals surface area (Å²) in [5.74, 6) is -0.452. The number of carbonyl (C=O) groups excluding carboxylic acids is 1. The van der Waals surface area contributed by atoms with E-state index in [0.29, 0.717) is 17.3 Å². The highest BCUT2D eigenvalue weighted by Gasteiger charge is 2.16. The number of amides is 1. The molecule has 0 aliphatic heterocycles. The van der Waals surface area contributed by atoms with E-state index in [4.69, 9.17) is 0 Å². The van der Waals surface area contributed by atoms with Crippen molar-refractivity contribution in [1.29, 1.82) is 0 Å². The number of aromatic nitrogens is 3. The molecule has 30 heavy (non-hydrogen) atoms. The van der Waals surface area contributed by atoms with Gasteiger partial charge in [0.15, 0.2) is 5.69 Å². The Morgan fingerprint density at radius 2 is 1.83 bits per heavy atom. The quantitative estimate of drug-likeness (QED) is 0.280. The van der Waals surface area contributed by atoms with Gasteiger partial charge in [0.1, 0.15) is 0 Å². The van der Waals surface area contributed by atoms with Crippen LogP contribution in [0.3, 0.4) is 0 Å². The van der Waals surface area contributed by atoms with Crippen molar-refractivity contribution in [3.8, 4) is 0 Å². The standard InChI is InChI=1S/C23H23N5O2/c1-2-3-8-13-28-23(30)19-11-5-4-10-18(19)21(27-28)22(29)26-25-15-16-14-24-20-12-7-6-9-17(16)20/h4-7,9-12,14-15,24H,2-3,8,13H2,1H3,(H,26,29)/b25-15+. The first-order valence-corrected chi connectivity index (χ1v) is 10.1. The van der Waals surface area contributed by atoms with Gasteiger partial charge < -0.3 is 4.98 Å². The molecule has 2 N–H and O–H groups in total. The second-order valence-corrected chi connectivity index (χ2v) is 7.12. The van der Waals surface area contributed by atoms with Gasteiger partial charge in [-0.1, -0.05) is 56.2 Å². The molecule has 0 spiro atoms. The van der Waals surface area contributed by atoms with Crippen molar-refractivity contribution in [1.82, 2.24) is 20.2 Å². The van der Waals surface area contributed by atoms with Gasteiger partial charge in [-0.25, -0.2) is 10.1 Å². The summed E-state index contributed by atoms with van der Waals surface area (Å²) in [7, 11) is 0. The van der Waals surface area contributed by atoms with Gasteiger partial charge in [-0.05, 0) is 18.6 Å². The number of rotatable bonds is 7. The van der Waals surface area contributed by atoms with Crippen LogP contribution in [-0.2, 0) is 6.54 Å². The first kappa shape index (κ1) is 19.6. The Bertz CT molecular complexity index is 1290.